The quantitative estimate of drug-likeness (QED) is 0.724. The van der Waals surface area contributed by atoms with Crippen molar-refractivity contribution in [2.75, 3.05) is 11.9 Å². The van der Waals surface area contributed by atoms with Gasteiger partial charge >= 0.3 is 0 Å². The van der Waals surface area contributed by atoms with E-state index < -0.39 is 11.5 Å². The van der Waals surface area contributed by atoms with E-state index in [1.807, 2.05) is 29.6 Å². The Morgan fingerprint density at radius 3 is 2.60 bits per heavy atom. The Labute approximate surface area is 145 Å². The summed E-state index contributed by atoms with van der Waals surface area (Å²) in [5.41, 5.74) is 0.636. The largest absolute Gasteiger partial charge is 0.328 e. The first-order valence-corrected chi connectivity index (χ1v) is 9.27. The number of benzene rings is 1. The number of nitrogens with one attached hydrogen (secondary N) is 1. The number of likely N-dealkylation sites (tertiary alicyclic amines) is 1. The SMILES string of the molecule is O=C1[C@@H]2C[NH2+][C@]3(C(=O)Nc4ccccc43)[C@H]2C(=O)N1C1CCCCC1. The lowest BCUT2D eigenvalue weighted by atomic mass is 9.77. The van der Waals surface area contributed by atoms with E-state index in [-0.39, 0.29) is 29.7 Å². The first-order valence-electron chi connectivity index (χ1n) is 9.27. The highest BCUT2D eigenvalue weighted by atomic mass is 16.2. The predicted octanol–water partition coefficient (Wildman–Crippen LogP) is 0.345. The number of hydrogen-bond donors (Lipinski definition) is 2. The van der Waals surface area contributed by atoms with Crippen LogP contribution in [0.1, 0.15) is 37.7 Å². The van der Waals surface area contributed by atoms with Crippen LogP contribution >= 0.6 is 0 Å². The number of quaternary nitrogens is 1. The highest BCUT2D eigenvalue weighted by Gasteiger charge is 2.71. The lowest BCUT2D eigenvalue weighted by Gasteiger charge is -2.31. The van der Waals surface area contributed by atoms with Crippen LogP contribution < -0.4 is 10.6 Å². The molecule has 5 rings (SSSR count). The fourth-order valence-corrected chi connectivity index (χ4v) is 5.45. The topological polar surface area (TPSA) is 83.1 Å². The van der Waals surface area contributed by atoms with Crippen molar-refractivity contribution in [1.29, 1.82) is 0 Å². The average Bonchev–Trinajstić information content (AvgIpc) is 3.24. The molecule has 3 fully saturated rings. The van der Waals surface area contributed by atoms with Crippen molar-refractivity contribution in [2.45, 2.75) is 43.7 Å². The third-order valence-corrected chi connectivity index (χ3v) is 6.58. The van der Waals surface area contributed by atoms with Gasteiger partial charge in [-0.3, -0.25) is 19.3 Å². The van der Waals surface area contributed by atoms with Gasteiger partial charge in [-0.2, -0.15) is 0 Å². The van der Waals surface area contributed by atoms with E-state index in [0.29, 0.717) is 6.54 Å². The molecule has 3 atom stereocenters. The number of rotatable bonds is 1. The van der Waals surface area contributed by atoms with Crippen molar-refractivity contribution < 1.29 is 19.7 Å². The lowest BCUT2D eigenvalue weighted by molar-refractivity contribution is -0.704. The molecule has 0 bridgehead atoms. The number of hydrogen-bond acceptors (Lipinski definition) is 3. The molecule has 1 aromatic carbocycles. The highest BCUT2D eigenvalue weighted by Crippen LogP contribution is 2.48. The molecule has 6 nitrogen and oxygen atoms in total. The molecular formula is C19H22N3O3+. The van der Waals surface area contributed by atoms with E-state index in [1.54, 1.807) is 0 Å². The van der Waals surface area contributed by atoms with Crippen LogP contribution in [0, 0.1) is 11.8 Å². The summed E-state index contributed by atoms with van der Waals surface area (Å²) in [6, 6.07) is 7.56. The van der Waals surface area contributed by atoms with Crippen LogP contribution in [0.3, 0.4) is 0 Å². The van der Waals surface area contributed by atoms with Crippen LogP contribution in [0.25, 0.3) is 0 Å². The lowest BCUT2D eigenvalue weighted by Crippen LogP contribution is -2.95. The van der Waals surface area contributed by atoms with Gasteiger partial charge in [-0.1, -0.05) is 37.5 Å². The molecule has 0 radical (unpaired) electrons. The number of amides is 3. The van der Waals surface area contributed by atoms with E-state index in [0.717, 1.165) is 36.9 Å². The Balaban J connectivity index is 1.57. The maximum absolute atomic E-state index is 13.3. The van der Waals surface area contributed by atoms with Gasteiger partial charge in [0.2, 0.25) is 17.4 Å². The molecule has 4 aliphatic rings. The number of anilines is 1. The van der Waals surface area contributed by atoms with Gasteiger partial charge < -0.3 is 10.6 Å². The fraction of sp³-hybridized carbons (Fsp3) is 0.526. The number of nitrogens with two attached hydrogens (primary N) is 1. The predicted molar refractivity (Wildman–Crippen MR) is 89.2 cm³/mol. The Hall–Kier alpha value is -2.21. The summed E-state index contributed by atoms with van der Waals surface area (Å²) in [7, 11) is 0. The van der Waals surface area contributed by atoms with E-state index in [9.17, 15) is 14.4 Å². The molecule has 1 aromatic rings. The van der Waals surface area contributed by atoms with Gasteiger partial charge in [0.15, 0.2) is 0 Å². The molecule has 1 saturated carbocycles. The molecule has 6 heteroatoms. The number of imide groups is 1. The minimum Gasteiger partial charge on any atom is -0.328 e. The van der Waals surface area contributed by atoms with Crippen LogP contribution in [-0.2, 0) is 19.9 Å². The van der Waals surface area contributed by atoms with Crippen molar-refractivity contribution in [3.05, 3.63) is 29.8 Å². The maximum Gasteiger partial charge on any atom is 0.291 e. The number of nitrogens with zero attached hydrogens (tertiary/aromatic N) is 1. The third-order valence-electron chi connectivity index (χ3n) is 6.58. The third kappa shape index (κ3) is 1.80. The zero-order valence-electron chi connectivity index (χ0n) is 14.0. The molecule has 2 saturated heterocycles. The maximum atomic E-state index is 13.3. The van der Waals surface area contributed by atoms with Crippen LogP contribution in [0.4, 0.5) is 5.69 Å². The molecule has 3 N–H and O–H groups in total. The van der Waals surface area contributed by atoms with E-state index >= 15 is 0 Å². The molecule has 130 valence electrons. The Morgan fingerprint density at radius 2 is 1.80 bits per heavy atom. The standard InChI is InChI=1S/C19H21N3O3/c23-16-12-10-20-19(13-8-4-5-9-14(13)21-18(19)25)15(12)17(24)22(16)11-6-2-1-3-7-11/h4-5,8-9,11-12,15,20H,1-3,6-7,10H2,(H,21,25)/p+1/t12-,15-,19+/m1/s1. The summed E-state index contributed by atoms with van der Waals surface area (Å²) in [6.07, 6.45) is 5.11. The highest BCUT2D eigenvalue weighted by molar-refractivity contribution is 6.13. The molecule has 3 amide bonds. The second kappa shape index (κ2) is 5.14. The van der Waals surface area contributed by atoms with Crippen LogP contribution in [0.15, 0.2) is 24.3 Å². The smallest absolute Gasteiger partial charge is 0.291 e. The molecular weight excluding hydrogens is 318 g/mol. The molecule has 0 aromatic heterocycles. The zero-order chi connectivity index (χ0) is 17.2. The van der Waals surface area contributed by atoms with Gasteiger partial charge in [-0.05, 0) is 18.9 Å². The fourth-order valence-electron chi connectivity index (χ4n) is 5.45. The Morgan fingerprint density at radius 1 is 1.04 bits per heavy atom. The van der Waals surface area contributed by atoms with Gasteiger partial charge in [-0.15, -0.1) is 0 Å². The minimum atomic E-state index is -0.975. The van der Waals surface area contributed by atoms with Crippen LogP contribution in [0.5, 0.6) is 0 Å². The monoisotopic (exact) mass is 340 g/mol. The molecule has 3 heterocycles. The number of fused-ring (bicyclic) bond motifs is 4. The van der Waals surface area contributed by atoms with Gasteiger partial charge in [-0.25, -0.2) is 0 Å². The number of carbonyl (C=O) groups excluding carboxylic acids is 3. The Kier molecular flexibility index (Phi) is 3.10. The summed E-state index contributed by atoms with van der Waals surface area (Å²) in [6.45, 7) is 0.500. The van der Waals surface area contributed by atoms with Crippen molar-refractivity contribution in [3.8, 4) is 0 Å². The summed E-state index contributed by atoms with van der Waals surface area (Å²) in [4.78, 5) is 40.8. The molecule has 1 aliphatic carbocycles. The van der Waals surface area contributed by atoms with Crippen molar-refractivity contribution >= 4 is 23.4 Å². The molecule has 0 unspecified atom stereocenters. The van der Waals surface area contributed by atoms with Crippen molar-refractivity contribution in [2.24, 2.45) is 11.8 Å². The molecule has 1 spiro atoms. The van der Waals surface area contributed by atoms with Crippen LogP contribution in [-0.4, -0.2) is 35.2 Å². The minimum absolute atomic E-state index is 0.0242. The molecule has 25 heavy (non-hydrogen) atoms. The van der Waals surface area contributed by atoms with Crippen molar-refractivity contribution in [3.63, 3.8) is 0 Å². The van der Waals surface area contributed by atoms with Gasteiger partial charge in [0, 0.05) is 11.6 Å². The second-order valence-corrected chi connectivity index (χ2v) is 7.73. The zero-order valence-corrected chi connectivity index (χ0v) is 14.0. The first kappa shape index (κ1) is 15.1. The molecule has 3 aliphatic heterocycles. The summed E-state index contributed by atoms with van der Waals surface area (Å²) < 4.78 is 0. The Bertz CT molecular complexity index is 786. The summed E-state index contributed by atoms with van der Waals surface area (Å²) in [5.74, 6) is -1.32. The van der Waals surface area contributed by atoms with Crippen LogP contribution in [0.2, 0.25) is 0 Å². The van der Waals surface area contributed by atoms with E-state index in [1.165, 1.54) is 11.3 Å². The number of para-hydroxylation sites is 1. The second-order valence-electron chi connectivity index (χ2n) is 7.73. The van der Waals surface area contributed by atoms with Gasteiger partial charge in [0.1, 0.15) is 11.8 Å². The average molecular weight is 340 g/mol. The van der Waals surface area contributed by atoms with E-state index in [2.05, 4.69) is 5.32 Å². The van der Waals surface area contributed by atoms with Crippen molar-refractivity contribution in [1.82, 2.24) is 4.90 Å². The van der Waals surface area contributed by atoms with E-state index in [4.69, 9.17) is 0 Å². The summed E-state index contributed by atoms with van der Waals surface area (Å²) >= 11 is 0. The van der Waals surface area contributed by atoms with Gasteiger partial charge in [0.25, 0.3) is 5.91 Å². The summed E-state index contributed by atoms with van der Waals surface area (Å²) in [5, 5.41) is 4.83. The first-order chi connectivity index (χ1) is 12.1. The number of carbonyl (C=O) groups is 3. The van der Waals surface area contributed by atoms with Gasteiger partial charge in [0.05, 0.1) is 12.2 Å². The normalized spacial score (nSPS) is 34.6.